The van der Waals surface area contributed by atoms with Crippen LogP contribution in [0.25, 0.3) is 0 Å². The Bertz CT molecular complexity index is 521. The van der Waals surface area contributed by atoms with Crippen LogP contribution in [-0.2, 0) is 14.8 Å². The zero-order valence-corrected chi connectivity index (χ0v) is 12.2. The van der Waals surface area contributed by atoms with Crippen LogP contribution in [0.4, 0.5) is 0 Å². The molecule has 0 amide bonds. The van der Waals surface area contributed by atoms with Crippen molar-refractivity contribution in [3.63, 3.8) is 0 Å². The van der Waals surface area contributed by atoms with Crippen molar-refractivity contribution in [3.05, 3.63) is 11.5 Å². The number of nitrogens with one attached hydrogen (secondary N) is 1. The SMILES string of the molecule is Cc1noc(C)c1S(=O)(=O)NCC1CN(C)CCO1. The second kappa shape index (κ2) is 5.58. The van der Waals surface area contributed by atoms with Gasteiger partial charge in [0.25, 0.3) is 0 Å². The van der Waals surface area contributed by atoms with Gasteiger partial charge in [0.05, 0.1) is 12.7 Å². The van der Waals surface area contributed by atoms with E-state index in [-0.39, 0.29) is 17.5 Å². The summed E-state index contributed by atoms with van der Waals surface area (Å²) in [7, 11) is -1.62. The van der Waals surface area contributed by atoms with Gasteiger partial charge in [-0.25, -0.2) is 13.1 Å². The smallest absolute Gasteiger partial charge is 0.246 e. The highest BCUT2D eigenvalue weighted by atomic mass is 32.2. The predicted octanol–water partition coefficient (Wildman–Crippen LogP) is -0.0997. The average molecular weight is 289 g/mol. The summed E-state index contributed by atoms with van der Waals surface area (Å²) in [5, 5.41) is 3.66. The zero-order valence-electron chi connectivity index (χ0n) is 11.3. The van der Waals surface area contributed by atoms with Crippen molar-refractivity contribution < 1.29 is 17.7 Å². The number of likely N-dealkylation sites (N-methyl/N-ethyl adjacent to an activating group) is 1. The fourth-order valence-corrected chi connectivity index (χ4v) is 3.51. The molecule has 1 atom stereocenters. The second-order valence-corrected chi connectivity index (χ2v) is 6.46. The van der Waals surface area contributed by atoms with Gasteiger partial charge in [0.2, 0.25) is 10.0 Å². The topological polar surface area (TPSA) is 84.7 Å². The van der Waals surface area contributed by atoms with Gasteiger partial charge in [0, 0.05) is 19.6 Å². The predicted molar refractivity (Wildman–Crippen MR) is 68.4 cm³/mol. The minimum atomic E-state index is -3.60. The largest absolute Gasteiger partial charge is 0.374 e. The van der Waals surface area contributed by atoms with Crippen molar-refractivity contribution in [2.45, 2.75) is 24.8 Å². The van der Waals surface area contributed by atoms with E-state index in [0.29, 0.717) is 24.6 Å². The van der Waals surface area contributed by atoms with Crippen LogP contribution in [0.5, 0.6) is 0 Å². The Morgan fingerprint density at radius 3 is 2.79 bits per heavy atom. The Labute approximate surface area is 112 Å². The summed E-state index contributed by atoms with van der Waals surface area (Å²) in [6.07, 6.45) is -0.131. The van der Waals surface area contributed by atoms with Crippen LogP contribution in [-0.4, -0.2) is 57.9 Å². The zero-order chi connectivity index (χ0) is 14.0. The molecule has 1 aliphatic heterocycles. The molecule has 1 aromatic heterocycles. The molecule has 8 heteroatoms. The molecule has 2 heterocycles. The molecule has 1 fully saturated rings. The van der Waals surface area contributed by atoms with E-state index in [1.165, 1.54) is 0 Å². The van der Waals surface area contributed by atoms with Crippen molar-refractivity contribution in [1.82, 2.24) is 14.8 Å². The Morgan fingerprint density at radius 2 is 2.21 bits per heavy atom. The normalized spacial score (nSPS) is 21.7. The first-order valence-electron chi connectivity index (χ1n) is 6.13. The number of hydrogen-bond acceptors (Lipinski definition) is 6. The molecular weight excluding hydrogens is 270 g/mol. The molecule has 1 saturated heterocycles. The minimum absolute atomic E-state index is 0.122. The molecule has 0 aliphatic carbocycles. The molecule has 1 N–H and O–H groups in total. The van der Waals surface area contributed by atoms with Crippen LogP contribution in [0.15, 0.2) is 9.42 Å². The number of rotatable bonds is 4. The summed E-state index contributed by atoms with van der Waals surface area (Å²) < 4.78 is 37.3. The van der Waals surface area contributed by atoms with Crippen molar-refractivity contribution in [1.29, 1.82) is 0 Å². The Hall–Kier alpha value is -0.960. The molecule has 0 saturated carbocycles. The third-order valence-electron chi connectivity index (χ3n) is 3.08. The van der Waals surface area contributed by atoms with Crippen LogP contribution < -0.4 is 4.72 Å². The molecule has 0 radical (unpaired) electrons. The van der Waals surface area contributed by atoms with Gasteiger partial charge in [-0.05, 0) is 20.9 Å². The lowest BCUT2D eigenvalue weighted by atomic mass is 10.3. The first kappa shape index (κ1) is 14.4. The molecule has 2 rings (SSSR count). The highest BCUT2D eigenvalue weighted by Gasteiger charge is 2.26. The number of hydrogen-bond donors (Lipinski definition) is 1. The number of morpholine rings is 1. The van der Waals surface area contributed by atoms with E-state index in [4.69, 9.17) is 9.26 Å². The van der Waals surface area contributed by atoms with E-state index in [1.807, 2.05) is 7.05 Å². The highest BCUT2D eigenvalue weighted by molar-refractivity contribution is 7.89. The first-order valence-corrected chi connectivity index (χ1v) is 7.61. The Morgan fingerprint density at radius 1 is 1.47 bits per heavy atom. The quantitative estimate of drug-likeness (QED) is 0.833. The van der Waals surface area contributed by atoms with E-state index < -0.39 is 10.0 Å². The maximum atomic E-state index is 12.2. The van der Waals surface area contributed by atoms with Crippen LogP contribution in [0.1, 0.15) is 11.5 Å². The number of ether oxygens (including phenoxy) is 1. The first-order chi connectivity index (χ1) is 8.90. The van der Waals surface area contributed by atoms with Crippen molar-refractivity contribution in [3.8, 4) is 0 Å². The Balaban J connectivity index is 2.02. The van der Waals surface area contributed by atoms with Gasteiger partial charge in [0.1, 0.15) is 10.6 Å². The van der Waals surface area contributed by atoms with Gasteiger partial charge in [-0.2, -0.15) is 0 Å². The van der Waals surface area contributed by atoms with E-state index in [1.54, 1.807) is 13.8 Å². The summed E-state index contributed by atoms with van der Waals surface area (Å²) >= 11 is 0. The number of sulfonamides is 1. The van der Waals surface area contributed by atoms with Crippen LogP contribution in [0.2, 0.25) is 0 Å². The number of nitrogens with zero attached hydrogens (tertiary/aromatic N) is 2. The van der Waals surface area contributed by atoms with Crippen molar-refractivity contribution >= 4 is 10.0 Å². The monoisotopic (exact) mass is 289 g/mol. The van der Waals surface area contributed by atoms with Crippen LogP contribution in [0.3, 0.4) is 0 Å². The third kappa shape index (κ3) is 3.33. The summed E-state index contributed by atoms with van der Waals surface area (Å²) in [5.41, 5.74) is 0.367. The second-order valence-electron chi connectivity index (χ2n) is 4.76. The lowest BCUT2D eigenvalue weighted by molar-refractivity contribution is -0.0156. The standard InChI is InChI=1S/C11H19N3O4S/c1-8-11(9(2)18-13-8)19(15,16)12-6-10-7-14(3)4-5-17-10/h10,12H,4-7H2,1-3H3. The molecule has 0 bridgehead atoms. The Kier molecular flexibility index (Phi) is 4.24. The molecule has 19 heavy (non-hydrogen) atoms. The van der Waals surface area contributed by atoms with Crippen LogP contribution in [0, 0.1) is 13.8 Å². The molecule has 0 spiro atoms. The fraction of sp³-hybridized carbons (Fsp3) is 0.727. The summed E-state index contributed by atoms with van der Waals surface area (Å²) in [4.78, 5) is 2.23. The van der Waals surface area contributed by atoms with Crippen molar-refractivity contribution in [2.75, 3.05) is 33.3 Å². The molecule has 108 valence electrons. The number of aromatic nitrogens is 1. The molecule has 1 aliphatic rings. The summed E-state index contributed by atoms with van der Waals surface area (Å²) in [6.45, 7) is 5.64. The summed E-state index contributed by atoms with van der Waals surface area (Å²) in [5.74, 6) is 0.298. The van der Waals surface area contributed by atoms with E-state index in [2.05, 4.69) is 14.8 Å². The summed E-state index contributed by atoms with van der Waals surface area (Å²) in [6, 6.07) is 0. The molecular formula is C11H19N3O4S. The van der Waals surface area contributed by atoms with Gasteiger partial charge in [0.15, 0.2) is 5.76 Å². The van der Waals surface area contributed by atoms with Gasteiger partial charge in [-0.1, -0.05) is 5.16 Å². The van der Waals surface area contributed by atoms with E-state index in [0.717, 1.165) is 6.54 Å². The third-order valence-corrected chi connectivity index (χ3v) is 4.75. The average Bonchev–Trinajstić information content (AvgIpc) is 2.67. The lowest BCUT2D eigenvalue weighted by Gasteiger charge is -2.29. The fourth-order valence-electron chi connectivity index (χ4n) is 2.12. The highest BCUT2D eigenvalue weighted by Crippen LogP contribution is 2.18. The molecule has 0 aromatic carbocycles. The van der Waals surface area contributed by atoms with Gasteiger partial charge < -0.3 is 14.2 Å². The van der Waals surface area contributed by atoms with Gasteiger partial charge in [-0.15, -0.1) is 0 Å². The van der Waals surface area contributed by atoms with Gasteiger partial charge >= 0.3 is 0 Å². The van der Waals surface area contributed by atoms with Gasteiger partial charge in [-0.3, -0.25) is 0 Å². The van der Waals surface area contributed by atoms with Crippen LogP contribution >= 0.6 is 0 Å². The molecule has 7 nitrogen and oxygen atoms in total. The molecule has 1 unspecified atom stereocenters. The maximum absolute atomic E-state index is 12.2. The van der Waals surface area contributed by atoms with E-state index in [9.17, 15) is 8.42 Å². The van der Waals surface area contributed by atoms with E-state index >= 15 is 0 Å². The van der Waals surface area contributed by atoms with Crippen molar-refractivity contribution in [2.24, 2.45) is 0 Å². The lowest BCUT2D eigenvalue weighted by Crippen LogP contribution is -2.45. The maximum Gasteiger partial charge on any atom is 0.246 e. The molecule has 1 aromatic rings. The number of aryl methyl sites for hydroxylation is 2. The minimum Gasteiger partial charge on any atom is -0.374 e.